The van der Waals surface area contributed by atoms with E-state index in [0.717, 1.165) is 25.9 Å². The maximum Gasteiger partial charge on any atom is 0.235 e. The third-order valence-electron chi connectivity index (χ3n) is 3.76. The molecule has 0 aromatic rings. The molecule has 1 fully saturated rings. The van der Waals surface area contributed by atoms with E-state index in [4.69, 9.17) is 16.3 Å². The Hall–Kier alpha value is -0.0631. The average molecular weight is 278 g/mol. The van der Waals surface area contributed by atoms with Gasteiger partial charge in [0.15, 0.2) is 0 Å². The van der Waals surface area contributed by atoms with Gasteiger partial charge >= 0.3 is 0 Å². The summed E-state index contributed by atoms with van der Waals surface area (Å²) in [5.41, 5.74) is 0. The van der Waals surface area contributed by atoms with E-state index in [1.807, 2.05) is 0 Å². The summed E-state index contributed by atoms with van der Waals surface area (Å²) in [7, 11) is -1.01. The first kappa shape index (κ1) is 15.0. The van der Waals surface area contributed by atoms with Gasteiger partial charge in [-0.15, -0.1) is 11.6 Å². The number of hydrogen-bond donors (Lipinski definition) is 1. The Morgan fingerprint density at radius 2 is 2.24 bits per heavy atom. The number of rotatable bonds is 5. The highest BCUT2D eigenvalue weighted by atomic mass is 35.5. The van der Waals surface area contributed by atoms with Crippen molar-refractivity contribution in [2.45, 2.75) is 57.0 Å². The van der Waals surface area contributed by atoms with Crippen LogP contribution >= 0.6 is 11.6 Å². The number of carbonyl (C=O) groups is 1. The van der Waals surface area contributed by atoms with E-state index in [1.54, 1.807) is 0 Å². The lowest BCUT2D eigenvalue weighted by Crippen LogP contribution is -2.62. The number of alkyl halides is 1. The predicted molar refractivity (Wildman–Crippen MR) is 74.4 cm³/mol. The van der Waals surface area contributed by atoms with Gasteiger partial charge in [-0.3, -0.25) is 4.79 Å². The zero-order valence-corrected chi connectivity index (χ0v) is 13.0. The minimum Gasteiger partial charge on any atom is -0.377 e. The van der Waals surface area contributed by atoms with Crippen LogP contribution in [0.25, 0.3) is 0 Å². The molecule has 100 valence electrons. The van der Waals surface area contributed by atoms with Crippen molar-refractivity contribution in [1.29, 1.82) is 0 Å². The van der Waals surface area contributed by atoms with Crippen molar-refractivity contribution in [3.8, 4) is 0 Å². The van der Waals surface area contributed by atoms with Crippen molar-refractivity contribution < 1.29 is 9.53 Å². The van der Waals surface area contributed by atoms with Gasteiger partial charge in [-0.1, -0.05) is 20.0 Å². The Bertz CT molecular complexity index is 255. The fourth-order valence-corrected chi connectivity index (χ4v) is 5.21. The van der Waals surface area contributed by atoms with Gasteiger partial charge in [0, 0.05) is 6.61 Å². The van der Waals surface area contributed by atoms with E-state index in [2.05, 4.69) is 25.3 Å². The van der Waals surface area contributed by atoms with Crippen molar-refractivity contribution in [3.05, 3.63) is 0 Å². The quantitative estimate of drug-likeness (QED) is 0.617. The molecule has 1 saturated heterocycles. The highest BCUT2D eigenvalue weighted by Crippen LogP contribution is 2.32. The van der Waals surface area contributed by atoms with Gasteiger partial charge in [-0.05, 0) is 25.7 Å². The normalized spacial score (nSPS) is 26.9. The zero-order chi connectivity index (χ0) is 12.9. The monoisotopic (exact) mass is 277 g/mol. The molecule has 0 aromatic heterocycles. The molecule has 2 atom stereocenters. The minimum atomic E-state index is -1.01. The number of halogens is 1. The molecular weight excluding hydrogens is 254 g/mol. The number of ether oxygens (including phenoxy) is 1. The van der Waals surface area contributed by atoms with E-state index in [0.29, 0.717) is 0 Å². The molecule has 0 saturated carbocycles. The molecular formula is C12H24ClNO2Si. The smallest absolute Gasteiger partial charge is 0.235 e. The molecule has 1 amide bonds. The predicted octanol–water partition coefficient (Wildman–Crippen LogP) is 2.09. The van der Waals surface area contributed by atoms with Crippen LogP contribution in [0, 0.1) is 0 Å². The summed E-state index contributed by atoms with van der Waals surface area (Å²) in [6, 6.07) is 0.126. The molecule has 0 radical (unpaired) electrons. The lowest BCUT2D eigenvalue weighted by Gasteiger charge is -2.46. The van der Waals surface area contributed by atoms with Gasteiger partial charge in [-0.2, -0.15) is 0 Å². The van der Waals surface area contributed by atoms with Crippen LogP contribution in [-0.4, -0.2) is 38.5 Å². The molecule has 0 bridgehead atoms. The van der Waals surface area contributed by atoms with Gasteiger partial charge in [-0.25, -0.2) is 0 Å². The van der Waals surface area contributed by atoms with Gasteiger partial charge in [0.2, 0.25) is 5.91 Å². The molecule has 1 aliphatic heterocycles. The fraction of sp³-hybridized carbons (Fsp3) is 0.917. The SMILES string of the molecule is CCC(NC(=O)CCl)C1([SiH](C)C)CCCCO1. The molecule has 1 N–H and O–H groups in total. The van der Waals surface area contributed by atoms with Crippen LogP contribution in [0.15, 0.2) is 0 Å². The standard InChI is InChI=1S/C12H24ClNO2Si/c1-4-10(14-11(15)9-13)12(17(2)3)7-5-6-8-16-12/h10,17H,4-9H2,1-3H3,(H,14,15). The van der Waals surface area contributed by atoms with Crippen LogP contribution in [0.1, 0.15) is 32.6 Å². The fourth-order valence-electron chi connectivity index (χ4n) is 2.77. The maximum absolute atomic E-state index is 11.5. The van der Waals surface area contributed by atoms with Crippen LogP contribution in [0.4, 0.5) is 0 Å². The lowest BCUT2D eigenvalue weighted by molar-refractivity contribution is -0.122. The summed E-state index contributed by atoms with van der Waals surface area (Å²) in [4.78, 5) is 11.5. The van der Waals surface area contributed by atoms with Crippen LogP contribution in [0.3, 0.4) is 0 Å². The van der Waals surface area contributed by atoms with Crippen molar-refractivity contribution in [1.82, 2.24) is 5.32 Å². The maximum atomic E-state index is 11.5. The van der Waals surface area contributed by atoms with Crippen molar-refractivity contribution in [2.75, 3.05) is 12.5 Å². The summed E-state index contributed by atoms with van der Waals surface area (Å²) < 4.78 is 6.13. The third-order valence-corrected chi connectivity index (χ3v) is 6.82. The minimum absolute atomic E-state index is 0.0340. The second kappa shape index (κ2) is 6.76. The van der Waals surface area contributed by atoms with Gasteiger partial charge < -0.3 is 10.1 Å². The highest BCUT2D eigenvalue weighted by molar-refractivity contribution is 6.59. The number of amides is 1. The molecule has 1 rings (SSSR count). The van der Waals surface area contributed by atoms with E-state index in [1.165, 1.54) is 6.42 Å². The van der Waals surface area contributed by atoms with E-state index in [9.17, 15) is 4.79 Å². The lowest BCUT2D eigenvalue weighted by atomic mass is 9.99. The second-order valence-electron chi connectivity index (χ2n) is 5.08. The van der Waals surface area contributed by atoms with Crippen LogP contribution in [0.5, 0.6) is 0 Å². The summed E-state index contributed by atoms with van der Waals surface area (Å²) in [6.45, 7) is 7.55. The highest BCUT2D eigenvalue weighted by Gasteiger charge is 2.44. The van der Waals surface area contributed by atoms with Gasteiger partial charge in [0.25, 0.3) is 0 Å². The van der Waals surface area contributed by atoms with Crippen LogP contribution in [0.2, 0.25) is 13.1 Å². The average Bonchev–Trinajstić information content (AvgIpc) is 2.36. The van der Waals surface area contributed by atoms with Crippen LogP contribution in [-0.2, 0) is 9.53 Å². The molecule has 0 aromatic carbocycles. The number of hydrogen-bond acceptors (Lipinski definition) is 2. The Morgan fingerprint density at radius 1 is 1.53 bits per heavy atom. The molecule has 3 nitrogen and oxygen atoms in total. The Balaban J connectivity index is 2.82. The van der Waals surface area contributed by atoms with Crippen molar-refractivity contribution in [2.24, 2.45) is 0 Å². The van der Waals surface area contributed by atoms with Crippen LogP contribution < -0.4 is 5.32 Å². The van der Waals surface area contributed by atoms with E-state index < -0.39 is 8.80 Å². The molecule has 0 aliphatic carbocycles. The largest absolute Gasteiger partial charge is 0.377 e. The van der Waals surface area contributed by atoms with Crippen molar-refractivity contribution in [3.63, 3.8) is 0 Å². The Kier molecular flexibility index (Phi) is 5.96. The van der Waals surface area contributed by atoms with E-state index >= 15 is 0 Å². The first-order valence-corrected chi connectivity index (χ1v) is 9.98. The molecule has 17 heavy (non-hydrogen) atoms. The van der Waals surface area contributed by atoms with Gasteiger partial charge in [0.05, 0.1) is 20.1 Å². The zero-order valence-electron chi connectivity index (χ0n) is 11.1. The Morgan fingerprint density at radius 3 is 2.65 bits per heavy atom. The van der Waals surface area contributed by atoms with E-state index in [-0.39, 0.29) is 23.1 Å². The number of nitrogens with one attached hydrogen (secondary N) is 1. The first-order chi connectivity index (χ1) is 8.06. The summed E-state index contributed by atoms with van der Waals surface area (Å²) in [5, 5.41) is 2.97. The summed E-state index contributed by atoms with van der Waals surface area (Å²) in [6.07, 6.45) is 4.34. The third kappa shape index (κ3) is 3.45. The second-order valence-corrected chi connectivity index (χ2v) is 8.63. The molecule has 1 aliphatic rings. The molecule has 1 heterocycles. The Labute approximate surface area is 111 Å². The summed E-state index contributed by atoms with van der Waals surface area (Å²) >= 11 is 5.58. The topological polar surface area (TPSA) is 38.3 Å². The number of carbonyl (C=O) groups excluding carboxylic acids is 1. The molecule has 0 spiro atoms. The van der Waals surface area contributed by atoms with Gasteiger partial charge in [0.1, 0.15) is 5.88 Å². The van der Waals surface area contributed by atoms with Crippen molar-refractivity contribution >= 4 is 26.3 Å². The first-order valence-electron chi connectivity index (χ1n) is 6.56. The molecule has 2 unspecified atom stereocenters. The molecule has 5 heteroatoms. The summed E-state index contributed by atoms with van der Waals surface area (Å²) in [5.74, 6) is -0.0478.